The van der Waals surface area contributed by atoms with E-state index < -0.39 is 16.4 Å². The standard InChI is InChI=1S/C7H6BrFN2O2/c1-3-2-4(8)5(9)7(6(3)10)11(12)13/h2H,10H2,1H3. The monoisotopic (exact) mass is 248 g/mol. The van der Waals surface area contributed by atoms with E-state index in [1.54, 1.807) is 6.92 Å². The molecule has 0 aromatic heterocycles. The molecule has 0 aliphatic heterocycles. The van der Waals surface area contributed by atoms with Crippen LogP contribution in [0.1, 0.15) is 5.56 Å². The van der Waals surface area contributed by atoms with Crippen LogP contribution in [0.5, 0.6) is 0 Å². The molecule has 4 nitrogen and oxygen atoms in total. The molecule has 0 unspecified atom stereocenters. The van der Waals surface area contributed by atoms with Crippen molar-refractivity contribution in [1.82, 2.24) is 0 Å². The molecule has 0 spiro atoms. The van der Waals surface area contributed by atoms with Gasteiger partial charge in [0.15, 0.2) is 0 Å². The van der Waals surface area contributed by atoms with Crippen LogP contribution in [0, 0.1) is 22.9 Å². The van der Waals surface area contributed by atoms with E-state index in [0.717, 1.165) is 0 Å². The van der Waals surface area contributed by atoms with Crippen LogP contribution in [0.25, 0.3) is 0 Å². The number of nitrogens with two attached hydrogens (primary N) is 1. The molecule has 0 saturated heterocycles. The SMILES string of the molecule is Cc1cc(Br)c(F)c([N+](=O)[O-])c1N. The van der Waals surface area contributed by atoms with Gasteiger partial charge in [0, 0.05) is 0 Å². The molecule has 1 rings (SSSR count). The van der Waals surface area contributed by atoms with Gasteiger partial charge in [0.25, 0.3) is 0 Å². The van der Waals surface area contributed by atoms with Gasteiger partial charge >= 0.3 is 5.69 Å². The number of hydrogen-bond acceptors (Lipinski definition) is 3. The van der Waals surface area contributed by atoms with E-state index in [4.69, 9.17) is 5.73 Å². The predicted octanol–water partition coefficient (Wildman–Crippen LogP) is 2.39. The van der Waals surface area contributed by atoms with Crippen LogP contribution in [-0.2, 0) is 0 Å². The lowest BCUT2D eigenvalue weighted by Gasteiger charge is -2.03. The van der Waals surface area contributed by atoms with Crippen molar-refractivity contribution >= 4 is 27.3 Å². The van der Waals surface area contributed by atoms with Gasteiger partial charge in [-0.05, 0) is 34.5 Å². The fourth-order valence-electron chi connectivity index (χ4n) is 0.928. The van der Waals surface area contributed by atoms with Crippen LogP contribution < -0.4 is 5.73 Å². The maximum Gasteiger partial charge on any atom is 0.328 e. The van der Waals surface area contributed by atoms with Crippen molar-refractivity contribution < 1.29 is 9.31 Å². The van der Waals surface area contributed by atoms with Crippen molar-refractivity contribution in [2.24, 2.45) is 0 Å². The molecule has 0 fully saturated rings. The van der Waals surface area contributed by atoms with E-state index in [-0.39, 0.29) is 10.2 Å². The highest BCUT2D eigenvalue weighted by atomic mass is 79.9. The summed E-state index contributed by atoms with van der Waals surface area (Å²) in [5, 5.41) is 10.4. The Bertz CT molecular complexity index is 355. The molecule has 6 heteroatoms. The number of benzene rings is 1. The van der Waals surface area contributed by atoms with Crippen LogP contribution in [0.3, 0.4) is 0 Å². The Labute approximate surface area is 81.8 Å². The van der Waals surface area contributed by atoms with E-state index in [0.29, 0.717) is 5.56 Å². The number of halogens is 2. The third-order valence-electron chi connectivity index (χ3n) is 1.62. The molecular formula is C7H6BrFN2O2. The Morgan fingerprint density at radius 3 is 2.69 bits per heavy atom. The highest BCUT2D eigenvalue weighted by molar-refractivity contribution is 9.10. The minimum absolute atomic E-state index is 0.0471. The summed E-state index contributed by atoms with van der Waals surface area (Å²) in [7, 11) is 0. The minimum atomic E-state index is -0.937. The molecule has 70 valence electrons. The molecule has 0 bridgehead atoms. The van der Waals surface area contributed by atoms with Gasteiger partial charge in [0.2, 0.25) is 5.82 Å². The van der Waals surface area contributed by atoms with Crippen LogP contribution in [0.2, 0.25) is 0 Å². The number of anilines is 1. The first-order valence-corrected chi connectivity index (χ1v) is 4.13. The van der Waals surface area contributed by atoms with Crippen LogP contribution in [0.4, 0.5) is 15.8 Å². The van der Waals surface area contributed by atoms with E-state index in [1.807, 2.05) is 0 Å². The smallest absolute Gasteiger partial charge is 0.328 e. The number of aryl methyl sites for hydroxylation is 1. The second-order valence-corrected chi connectivity index (χ2v) is 3.36. The first kappa shape index (κ1) is 9.91. The Kier molecular flexibility index (Phi) is 2.51. The van der Waals surface area contributed by atoms with Gasteiger partial charge in [-0.3, -0.25) is 10.1 Å². The lowest BCUT2D eigenvalue weighted by molar-refractivity contribution is -0.386. The summed E-state index contributed by atoms with van der Waals surface area (Å²) in [6, 6.07) is 1.40. The van der Waals surface area contributed by atoms with Crippen molar-refractivity contribution in [1.29, 1.82) is 0 Å². The zero-order valence-corrected chi connectivity index (χ0v) is 8.26. The van der Waals surface area contributed by atoms with Gasteiger partial charge in [-0.1, -0.05) is 0 Å². The average molecular weight is 249 g/mol. The molecule has 0 aliphatic carbocycles. The fraction of sp³-hybridized carbons (Fsp3) is 0.143. The molecule has 0 amide bonds. The zero-order chi connectivity index (χ0) is 10.2. The molecule has 1 aromatic carbocycles. The Balaban J connectivity index is 3.56. The molecule has 13 heavy (non-hydrogen) atoms. The fourth-order valence-corrected chi connectivity index (χ4v) is 1.46. The van der Waals surface area contributed by atoms with Crippen molar-refractivity contribution in [3.05, 3.63) is 32.0 Å². The number of hydrogen-bond donors (Lipinski definition) is 1. The molecule has 0 aliphatic rings. The summed E-state index contributed by atoms with van der Waals surface area (Å²) < 4.78 is 13.2. The third-order valence-corrected chi connectivity index (χ3v) is 2.20. The van der Waals surface area contributed by atoms with Gasteiger partial charge in [0.1, 0.15) is 5.69 Å². The molecular weight excluding hydrogens is 243 g/mol. The highest BCUT2D eigenvalue weighted by Gasteiger charge is 2.22. The molecule has 0 heterocycles. The maximum atomic E-state index is 13.1. The average Bonchev–Trinajstić information content (AvgIpc) is 2.01. The lowest BCUT2D eigenvalue weighted by Crippen LogP contribution is -2.01. The molecule has 0 radical (unpaired) electrons. The Morgan fingerprint density at radius 2 is 2.23 bits per heavy atom. The van der Waals surface area contributed by atoms with Crippen molar-refractivity contribution in [2.75, 3.05) is 5.73 Å². The minimum Gasteiger partial charge on any atom is -0.393 e. The Morgan fingerprint density at radius 1 is 1.69 bits per heavy atom. The number of nitrogens with zero attached hydrogens (tertiary/aromatic N) is 1. The summed E-state index contributed by atoms with van der Waals surface area (Å²) >= 11 is 2.86. The number of nitro benzene ring substituents is 1. The predicted molar refractivity (Wildman–Crippen MR) is 49.9 cm³/mol. The van der Waals surface area contributed by atoms with E-state index >= 15 is 0 Å². The third kappa shape index (κ3) is 1.62. The van der Waals surface area contributed by atoms with E-state index in [9.17, 15) is 14.5 Å². The van der Waals surface area contributed by atoms with Gasteiger partial charge < -0.3 is 5.73 Å². The summed E-state index contributed by atoms with van der Waals surface area (Å²) in [4.78, 5) is 9.58. The molecule has 0 atom stereocenters. The van der Waals surface area contributed by atoms with Crippen molar-refractivity contribution in [2.45, 2.75) is 6.92 Å². The second-order valence-electron chi connectivity index (χ2n) is 2.51. The van der Waals surface area contributed by atoms with Crippen molar-refractivity contribution in [3.63, 3.8) is 0 Å². The van der Waals surface area contributed by atoms with Gasteiger partial charge in [-0.15, -0.1) is 0 Å². The first-order chi connectivity index (χ1) is 5.95. The highest BCUT2D eigenvalue weighted by Crippen LogP contribution is 2.33. The van der Waals surface area contributed by atoms with Crippen LogP contribution in [0.15, 0.2) is 10.5 Å². The summed E-state index contributed by atoms with van der Waals surface area (Å²) in [5.41, 5.74) is 5.02. The van der Waals surface area contributed by atoms with Crippen LogP contribution in [-0.4, -0.2) is 4.92 Å². The first-order valence-electron chi connectivity index (χ1n) is 3.33. The topological polar surface area (TPSA) is 69.2 Å². The quantitative estimate of drug-likeness (QED) is 0.472. The van der Waals surface area contributed by atoms with Gasteiger partial charge in [0.05, 0.1) is 9.40 Å². The number of nitro groups is 1. The van der Waals surface area contributed by atoms with E-state index in [2.05, 4.69) is 15.9 Å². The van der Waals surface area contributed by atoms with Crippen molar-refractivity contribution in [3.8, 4) is 0 Å². The summed E-state index contributed by atoms with van der Waals surface area (Å²) in [5.74, 6) is -0.937. The van der Waals surface area contributed by atoms with Gasteiger partial charge in [-0.25, -0.2) is 0 Å². The lowest BCUT2D eigenvalue weighted by atomic mass is 10.1. The normalized spacial score (nSPS) is 10.1. The zero-order valence-electron chi connectivity index (χ0n) is 6.67. The molecule has 0 saturated carbocycles. The summed E-state index contributed by atoms with van der Waals surface area (Å²) in [6.45, 7) is 1.58. The Hall–Kier alpha value is -1.17. The summed E-state index contributed by atoms with van der Waals surface area (Å²) in [6.07, 6.45) is 0. The molecule has 1 aromatic rings. The number of nitrogen functional groups attached to an aromatic ring is 1. The second kappa shape index (κ2) is 3.29. The van der Waals surface area contributed by atoms with E-state index in [1.165, 1.54) is 6.07 Å². The molecule has 2 N–H and O–H groups in total. The van der Waals surface area contributed by atoms with Gasteiger partial charge in [-0.2, -0.15) is 4.39 Å². The maximum absolute atomic E-state index is 13.1. The van der Waals surface area contributed by atoms with Crippen LogP contribution >= 0.6 is 15.9 Å². The largest absolute Gasteiger partial charge is 0.393 e. The number of rotatable bonds is 1.